The minimum atomic E-state index is 0.368. The zero-order chi connectivity index (χ0) is 13.0. The van der Waals surface area contributed by atoms with Crippen LogP contribution in [-0.4, -0.2) is 32.4 Å². The highest BCUT2D eigenvalue weighted by molar-refractivity contribution is 5.21. The predicted molar refractivity (Wildman–Crippen MR) is 75.4 cm³/mol. The third kappa shape index (κ3) is 3.71. The molecule has 0 amide bonds. The highest BCUT2D eigenvalue weighted by Crippen LogP contribution is 2.45. The van der Waals surface area contributed by atoms with Crippen molar-refractivity contribution in [3.05, 3.63) is 30.3 Å². The average Bonchev–Trinajstić information content (AvgIpc) is 3.26. The van der Waals surface area contributed by atoms with Crippen molar-refractivity contribution < 1.29 is 9.47 Å². The molecule has 1 saturated heterocycles. The van der Waals surface area contributed by atoms with E-state index in [0.717, 1.165) is 32.1 Å². The van der Waals surface area contributed by atoms with E-state index in [1.807, 2.05) is 30.3 Å². The lowest BCUT2D eigenvalue weighted by Gasteiger charge is -2.26. The second-order valence-electron chi connectivity index (χ2n) is 5.90. The summed E-state index contributed by atoms with van der Waals surface area (Å²) in [5.41, 5.74) is 0.368. The monoisotopic (exact) mass is 261 g/mol. The fraction of sp³-hybridized carbons (Fsp3) is 0.625. The number of nitrogens with one attached hydrogen (secondary N) is 1. The maximum atomic E-state index is 5.90. The summed E-state index contributed by atoms with van der Waals surface area (Å²) in [4.78, 5) is 0. The van der Waals surface area contributed by atoms with E-state index in [-0.39, 0.29) is 0 Å². The van der Waals surface area contributed by atoms with Crippen LogP contribution < -0.4 is 10.1 Å². The maximum absolute atomic E-state index is 5.90. The van der Waals surface area contributed by atoms with Crippen LogP contribution in [0.15, 0.2) is 30.3 Å². The van der Waals surface area contributed by atoms with E-state index in [1.165, 1.54) is 25.7 Å². The fourth-order valence-corrected chi connectivity index (χ4v) is 2.56. The first kappa shape index (κ1) is 12.9. The van der Waals surface area contributed by atoms with Gasteiger partial charge in [-0.3, -0.25) is 0 Å². The van der Waals surface area contributed by atoms with Crippen molar-refractivity contribution >= 4 is 0 Å². The number of para-hydroxylation sites is 1. The van der Waals surface area contributed by atoms with Crippen LogP contribution >= 0.6 is 0 Å². The number of ether oxygens (including phenoxy) is 2. The van der Waals surface area contributed by atoms with Crippen LogP contribution in [0.25, 0.3) is 0 Å². The molecule has 1 aromatic carbocycles. The van der Waals surface area contributed by atoms with Crippen molar-refractivity contribution in [1.82, 2.24) is 5.32 Å². The predicted octanol–water partition coefficient (Wildman–Crippen LogP) is 2.61. The van der Waals surface area contributed by atoms with Crippen molar-refractivity contribution in [3.8, 4) is 5.75 Å². The van der Waals surface area contributed by atoms with Crippen molar-refractivity contribution in [2.24, 2.45) is 5.41 Å². The summed E-state index contributed by atoms with van der Waals surface area (Å²) in [6.45, 7) is 3.70. The molecule has 2 aliphatic rings. The van der Waals surface area contributed by atoms with E-state index in [4.69, 9.17) is 9.47 Å². The molecule has 0 bridgehead atoms. The average molecular weight is 261 g/mol. The topological polar surface area (TPSA) is 30.5 Å². The molecule has 1 N–H and O–H groups in total. The Morgan fingerprint density at radius 1 is 1.26 bits per heavy atom. The van der Waals surface area contributed by atoms with Gasteiger partial charge < -0.3 is 14.8 Å². The molecule has 19 heavy (non-hydrogen) atoms. The molecule has 3 rings (SSSR count). The Labute approximate surface area is 115 Å². The van der Waals surface area contributed by atoms with Gasteiger partial charge in [0.25, 0.3) is 0 Å². The molecular weight excluding hydrogens is 238 g/mol. The molecule has 1 atom stereocenters. The minimum absolute atomic E-state index is 0.368. The van der Waals surface area contributed by atoms with Crippen LogP contribution in [0.1, 0.15) is 25.7 Å². The largest absolute Gasteiger partial charge is 0.493 e. The van der Waals surface area contributed by atoms with Crippen LogP contribution in [0.3, 0.4) is 0 Å². The summed E-state index contributed by atoms with van der Waals surface area (Å²) in [5, 5.41) is 3.66. The first-order valence-electron chi connectivity index (χ1n) is 7.35. The summed E-state index contributed by atoms with van der Waals surface area (Å²) in [7, 11) is 0. The van der Waals surface area contributed by atoms with Gasteiger partial charge in [-0.05, 0) is 37.8 Å². The van der Waals surface area contributed by atoms with Gasteiger partial charge in [0.2, 0.25) is 0 Å². The first-order valence-corrected chi connectivity index (χ1v) is 7.35. The Kier molecular flexibility index (Phi) is 4.04. The third-order valence-electron chi connectivity index (χ3n) is 4.17. The van der Waals surface area contributed by atoms with Crippen molar-refractivity contribution in [1.29, 1.82) is 0 Å². The highest BCUT2D eigenvalue weighted by Gasteiger charge is 2.43. The number of benzene rings is 1. The quantitative estimate of drug-likeness (QED) is 0.854. The molecule has 0 radical (unpaired) electrons. The van der Waals surface area contributed by atoms with Crippen LogP contribution in [0.2, 0.25) is 0 Å². The summed E-state index contributed by atoms with van der Waals surface area (Å²) in [5.74, 6) is 0.981. The molecule has 1 aliphatic carbocycles. The van der Waals surface area contributed by atoms with Crippen molar-refractivity contribution in [3.63, 3.8) is 0 Å². The van der Waals surface area contributed by atoms with Gasteiger partial charge in [-0.1, -0.05) is 18.2 Å². The minimum Gasteiger partial charge on any atom is -0.493 e. The smallest absolute Gasteiger partial charge is 0.119 e. The van der Waals surface area contributed by atoms with Crippen LogP contribution in [0.4, 0.5) is 0 Å². The SMILES string of the molecule is c1ccc(OCC2(CN[C@H]3CCCOC3)CC2)cc1. The molecule has 0 aromatic heterocycles. The fourth-order valence-electron chi connectivity index (χ4n) is 2.56. The van der Waals surface area contributed by atoms with Gasteiger partial charge in [-0.25, -0.2) is 0 Å². The Morgan fingerprint density at radius 2 is 2.11 bits per heavy atom. The molecule has 1 aromatic rings. The van der Waals surface area contributed by atoms with E-state index in [1.54, 1.807) is 0 Å². The molecule has 2 fully saturated rings. The maximum Gasteiger partial charge on any atom is 0.119 e. The van der Waals surface area contributed by atoms with E-state index < -0.39 is 0 Å². The van der Waals surface area contributed by atoms with Gasteiger partial charge in [0.05, 0.1) is 13.2 Å². The number of rotatable bonds is 6. The van der Waals surface area contributed by atoms with E-state index in [0.29, 0.717) is 11.5 Å². The second-order valence-corrected chi connectivity index (χ2v) is 5.90. The molecule has 104 valence electrons. The Morgan fingerprint density at radius 3 is 2.79 bits per heavy atom. The number of hydrogen-bond donors (Lipinski definition) is 1. The molecule has 1 heterocycles. The standard InChI is InChI=1S/C16H23NO2/c1-2-6-15(7-3-1)19-13-16(8-9-16)12-17-14-5-4-10-18-11-14/h1-3,6-7,14,17H,4-5,8-13H2/t14-/m0/s1. The lowest BCUT2D eigenvalue weighted by Crippen LogP contribution is -2.41. The Hall–Kier alpha value is -1.06. The molecular formula is C16H23NO2. The Bertz CT molecular complexity index is 383. The third-order valence-corrected chi connectivity index (χ3v) is 4.17. The Balaban J connectivity index is 1.42. The van der Waals surface area contributed by atoms with Crippen LogP contribution in [-0.2, 0) is 4.74 Å². The van der Waals surface area contributed by atoms with E-state index in [2.05, 4.69) is 5.32 Å². The number of hydrogen-bond acceptors (Lipinski definition) is 3. The van der Waals surface area contributed by atoms with Crippen LogP contribution in [0, 0.1) is 5.41 Å². The van der Waals surface area contributed by atoms with Gasteiger partial charge in [0.15, 0.2) is 0 Å². The summed E-state index contributed by atoms with van der Waals surface area (Å²) >= 11 is 0. The zero-order valence-corrected chi connectivity index (χ0v) is 11.4. The lowest BCUT2D eigenvalue weighted by atomic mass is 10.1. The summed E-state index contributed by atoms with van der Waals surface area (Å²) in [6, 6.07) is 10.7. The first-order chi connectivity index (χ1) is 9.36. The molecule has 1 saturated carbocycles. The normalized spacial score (nSPS) is 24.9. The second kappa shape index (κ2) is 5.93. The lowest BCUT2D eigenvalue weighted by molar-refractivity contribution is 0.0671. The molecule has 0 unspecified atom stereocenters. The van der Waals surface area contributed by atoms with E-state index >= 15 is 0 Å². The van der Waals surface area contributed by atoms with Crippen molar-refractivity contribution in [2.45, 2.75) is 31.7 Å². The van der Waals surface area contributed by atoms with Gasteiger partial charge in [-0.15, -0.1) is 0 Å². The molecule has 1 aliphatic heterocycles. The molecule has 0 spiro atoms. The summed E-state index contributed by atoms with van der Waals surface area (Å²) in [6.07, 6.45) is 4.99. The summed E-state index contributed by atoms with van der Waals surface area (Å²) < 4.78 is 11.4. The van der Waals surface area contributed by atoms with Crippen molar-refractivity contribution in [2.75, 3.05) is 26.4 Å². The van der Waals surface area contributed by atoms with Gasteiger partial charge in [0.1, 0.15) is 5.75 Å². The van der Waals surface area contributed by atoms with Crippen LogP contribution in [0.5, 0.6) is 5.75 Å². The van der Waals surface area contributed by atoms with Gasteiger partial charge in [0, 0.05) is 24.6 Å². The van der Waals surface area contributed by atoms with E-state index in [9.17, 15) is 0 Å². The zero-order valence-electron chi connectivity index (χ0n) is 11.4. The van der Waals surface area contributed by atoms with Gasteiger partial charge >= 0.3 is 0 Å². The highest BCUT2D eigenvalue weighted by atomic mass is 16.5. The molecule has 3 nitrogen and oxygen atoms in total. The van der Waals surface area contributed by atoms with Gasteiger partial charge in [-0.2, -0.15) is 0 Å². The molecule has 3 heteroatoms.